The summed E-state index contributed by atoms with van der Waals surface area (Å²) in [6, 6.07) is 9.07. The molecule has 0 saturated heterocycles. The van der Waals surface area contributed by atoms with Crippen LogP contribution >= 0.6 is 0 Å². The zero-order chi connectivity index (χ0) is 19.4. The second-order valence-electron chi connectivity index (χ2n) is 6.91. The number of anilines is 1. The molecule has 0 bridgehead atoms. The van der Waals surface area contributed by atoms with Crippen molar-refractivity contribution in [1.29, 1.82) is 0 Å². The van der Waals surface area contributed by atoms with E-state index in [9.17, 15) is 14.4 Å². The summed E-state index contributed by atoms with van der Waals surface area (Å²) in [4.78, 5) is 36.6. The Bertz CT molecular complexity index is 913. The lowest BCUT2D eigenvalue weighted by molar-refractivity contribution is -0.120. The minimum absolute atomic E-state index is 0.0270. The number of carbonyl (C=O) groups excluding carboxylic acids is 2. The number of hydrogen-bond donors (Lipinski definition) is 2. The van der Waals surface area contributed by atoms with Gasteiger partial charge < -0.3 is 15.1 Å². The van der Waals surface area contributed by atoms with Gasteiger partial charge in [-0.15, -0.1) is 0 Å². The molecule has 0 aliphatic heterocycles. The average Bonchev–Trinajstić information content (AvgIpc) is 2.58. The molecule has 0 unspecified atom stereocenters. The standard InChI is InChI=1S/C21H24N2O4/c1-13-12-17(15-7-5-8-15)27-21(26)19(13)20(25)23-16-9-4-3-6-14(16)10-11-18(24)22-2/h3-4,6,9,12,15H,5,7-8,10-11H2,1-2H3,(H,22,24)(H,23,25). The Morgan fingerprint density at radius 2 is 1.96 bits per heavy atom. The third kappa shape index (κ3) is 4.27. The van der Waals surface area contributed by atoms with Gasteiger partial charge >= 0.3 is 5.63 Å². The van der Waals surface area contributed by atoms with Crippen LogP contribution in [0.25, 0.3) is 0 Å². The number of carbonyl (C=O) groups is 2. The molecule has 6 heteroatoms. The van der Waals surface area contributed by atoms with Crippen molar-refractivity contribution in [3.8, 4) is 0 Å². The molecule has 142 valence electrons. The van der Waals surface area contributed by atoms with E-state index in [4.69, 9.17) is 4.42 Å². The Hall–Kier alpha value is -2.89. The topological polar surface area (TPSA) is 88.4 Å². The molecular formula is C21H24N2O4. The highest BCUT2D eigenvalue weighted by molar-refractivity contribution is 6.05. The molecule has 1 saturated carbocycles. The molecule has 27 heavy (non-hydrogen) atoms. The predicted octanol–water partition coefficient (Wildman–Crippen LogP) is 3.15. The van der Waals surface area contributed by atoms with Gasteiger partial charge in [-0.2, -0.15) is 0 Å². The van der Waals surface area contributed by atoms with Crippen LogP contribution in [0.4, 0.5) is 5.69 Å². The second-order valence-corrected chi connectivity index (χ2v) is 6.91. The van der Waals surface area contributed by atoms with Crippen molar-refractivity contribution in [3.63, 3.8) is 0 Å². The number of hydrogen-bond acceptors (Lipinski definition) is 4. The molecule has 0 radical (unpaired) electrons. The highest BCUT2D eigenvalue weighted by Crippen LogP contribution is 2.36. The van der Waals surface area contributed by atoms with Crippen LogP contribution in [0.5, 0.6) is 0 Å². The zero-order valence-electron chi connectivity index (χ0n) is 15.6. The predicted molar refractivity (Wildman–Crippen MR) is 103 cm³/mol. The van der Waals surface area contributed by atoms with E-state index in [-0.39, 0.29) is 11.5 Å². The number of rotatable bonds is 6. The van der Waals surface area contributed by atoms with E-state index in [0.717, 1.165) is 24.8 Å². The van der Waals surface area contributed by atoms with Crippen molar-refractivity contribution in [3.05, 3.63) is 63.2 Å². The first kappa shape index (κ1) is 18.9. The van der Waals surface area contributed by atoms with Crippen molar-refractivity contribution >= 4 is 17.5 Å². The molecular weight excluding hydrogens is 344 g/mol. The number of amides is 2. The lowest BCUT2D eigenvalue weighted by Gasteiger charge is -2.24. The molecule has 3 rings (SSSR count). The summed E-state index contributed by atoms with van der Waals surface area (Å²) in [5.74, 6) is 0.401. The van der Waals surface area contributed by atoms with Gasteiger partial charge in [-0.25, -0.2) is 4.79 Å². The fraction of sp³-hybridized carbons (Fsp3) is 0.381. The van der Waals surface area contributed by atoms with E-state index < -0.39 is 11.5 Å². The van der Waals surface area contributed by atoms with Gasteiger partial charge in [0.05, 0.1) is 0 Å². The quantitative estimate of drug-likeness (QED) is 0.820. The molecule has 0 spiro atoms. The van der Waals surface area contributed by atoms with Crippen LogP contribution in [0.1, 0.15) is 58.8 Å². The fourth-order valence-corrected chi connectivity index (χ4v) is 3.22. The van der Waals surface area contributed by atoms with Crippen LogP contribution in [0.3, 0.4) is 0 Å². The van der Waals surface area contributed by atoms with Crippen LogP contribution in [0.2, 0.25) is 0 Å². The summed E-state index contributed by atoms with van der Waals surface area (Å²) in [5.41, 5.74) is 1.47. The van der Waals surface area contributed by atoms with Gasteiger partial charge in [-0.1, -0.05) is 24.6 Å². The molecule has 2 amide bonds. The summed E-state index contributed by atoms with van der Waals surface area (Å²) >= 11 is 0. The minimum atomic E-state index is -0.600. The maximum absolute atomic E-state index is 12.7. The largest absolute Gasteiger partial charge is 0.427 e. The maximum atomic E-state index is 12.7. The molecule has 2 aromatic rings. The Balaban J connectivity index is 1.80. The monoisotopic (exact) mass is 368 g/mol. The highest BCUT2D eigenvalue weighted by atomic mass is 16.4. The van der Waals surface area contributed by atoms with Gasteiger partial charge in [0.2, 0.25) is 5.91 Å². The Kier molecular flexibility index (Phi) is 5.74. The van der Waals surface area contributed by atoms with Gasteiger partial charge in [0.1, 0.15) is 11.3 Å². The van der Waals surface area contributed by atoms with E-state index in [0.29, 0.717) is 35.8 Å². The molecule has 1 aromatic carbocycles. The van der Waals surface area contributed by atoms with Crippen LogP contribution in [0.15, 0.2) is 39.5 Å². The molecule has 1 aliphatic carbocycles. The first-order chi connectivity index (χ1) is 13.0. The van der Waals surface area contributed by atoms with Gasteiger partial charge in [-0.05, 0) is 49.4 Å². The van der Waals surface area contributed by atoms with Crippen LogP contribution in [0, 0.1) is 6.92 Å². The minimum Gasteiger partial charge on any atom is -0.427 e. The SMILES string of the molecule is CNC(=O)CCc1ccccc1NC(=O)c1c(C)cc(C2CCC2)oc1=O. The molecule has 1 aromatic heterocycles. The number of aryl methyl sites for hydroxylation is 2. The van der Waals surface area contributed by atoms with E-state index in [1.165, 1.54) is 0 Å². The third-order valence-electron chi connectivity index (χ3n) is 5.07. The molecule has 0 atom stereocenters. The number of nitrogens with one attached hydrogen (secondary N) is 2. The van der Waals surface area contributed by atoms with Gasteiger partial charge in [0.25, 0.3) is 5.91 Å². The lowest BCUT2D eigenvalue weighted by atomic mass is 9.83. The van der Waals surface area contributed by atoms with E-state index in [2.05, 4.69) is 10.6 Å². The Labute approximate surface area is 158 Å². The zero-order valence-corrected chi connectivity index (χ0v) is 15.6. The van der Waals surface area contributed by atoms with Crippen molar-refractivity contribution < 1.29 is 14.0 Å². The lowest BCUT2D eigenvalue weighted by Crippen LogP contribution is -2.24. The van der Waals surface area contributed by atoms with Crippen LogP contribution in [-0.4, -0.2) is 18.9 Å². The number of para-hydroxylation sites is 1. The van der Waals surface area contributed by atoms with Crippen molar-refractivity contribution in [2.24, 2.45) is 0 Å². The van der Waals surface area contributed by atoms with Crippen molar-refractivity contribution in [1.82, 2.24) is 5.32 Å². The van der Waals surface area contributed by atoms with Gasteiger partial charge in [0, 0.05) is 25.1 Å². The summed E-state index contributed by atoms with van der Waals surface area (Å²) < 4.78 is 5.41. The molecule has 1 heterocycles. The fourth-order valence-electron chi connectivity index (χ4n) is 3.22. The first-order valence-electron chi connectivity index (χ1n) is 9.24. The normalized spacial score (nSPS) is 13.7. The molecule has 2 N–H and O–H groups in total. The highest BCUT2D eigenvalue weighted by Gasteiger charge is 2.25. The van der Waals surface area contributed by atoms with E-state index in [1.807, 2.05) is 12.1 Å². The summed E-state index contributed by atoms with van der Waals surface area (Å²) in [5, 5.41) is 5.38. The summed E-state index contributed by atoms with van der Waals surface area (Å²) in [6.45, 7) is 1.76. The smallest absolute Gasteiger partial charge is 0.349 e. The Morgan fingerprint density at radius 1 is 1.22 bits per heavy atom. The maximum Gasteiger partial charge on any atom is 0.349 e. The molecule has 6 nitrogen and oxygen atoms in total. The van der Waals surface area contributed by atoms with Crippen molar-refractivity contribution in [2.75, 3.05) is 12.4 Å². The number of benzene rings is 1. The summed E-state index contributed by atoms with van der Waals surface area (Å²) in [7, 11) is 1.59. The van der Waals surface area contributed by atoms with Gasteiger partial charge in [0.15, 0.2) is 0 Å². The van der Waals surface area contributed by atoms with E-state index in [1.54, 1.807) is 32.2 Å². The first-order valence-corrected chi connectivity index (χ1v) is 9.24. The van der Waals surface area contributed by atoms with Gasteiger partial charge in [-0.3, -0.25) is 9.59 Å². The average molecular weight is 368 g/mol. The molecule has 1 fully saturated rings. The third-order valence-corrected chi connectivity index (χ3v) is 5.07. The Morgan fingerprint density at radius 3 is 2.59 bits per heavy atom. The second kappa shape index (κ2) is 8.20. The summed E-state index contributed by atoms with van der Waals surface area (Å²) in [6.07, 6.45) is 3.99. The van der Waals surface area contributed by atoms with Crippen molar-refractivity contribution in [2.45, 2.75) is 44.9 Å². The van der Waals surface area contributed by atoms with E-state index >= 15 is 0 Å². The molecule has 1 aliphatic rings. The van der Waals surface area contributed by atoms with Crippen LogP contribution < -0.4 is 16.3 Å². The van der Waals surface area contributed by atoms with Crippen LogP contribution in [-0.2, 0) is 11.2 Å².